The number of piperidine rings is 1. The lowest BCUT2D eigenvalue weighted by atomic mass is 9.85. The van der Waals surface area contributed by atoms with Gasteiger partial charge in [0.1, 0.15) is 11.4 Å². The molecule has 26 heavy (non-hydrogen) atoms. The van der Waals surface area contributed by atoms with Gasteiger partial charge in [0.15, 0.2) is 0 Å². The zero-order valence-electron chi connectivity index (χ0n) is 15.1. The fraction of sp³-hybridized carbons (Fsp3) is 0.579. The number of halogens is 1. The van der Waals surface area contributed by atoms with Crippen LogP contribution < -0.4 is 10.6 Å². The second kappa shape index (κ2) is 8.03. The van der Waals surface area contributed by atoms with Crippen molar-refractivity contribution in [1.82, 2.24) is 10.2 Å². The normalized spacial score (nSPS) is 20.5. The van der Waals surface area contributed by atoms with E-state index < -0.39 is 5.54 Å². The molecule has 2 N–H and O–H groups in total. The van der Waals surface area contributed by atoms with E-state index in [1.54, 1.807) is 19.2 Å². The first-order chi connectivity index (χ1) is 12.5. The Balaban J connectivity index is 1.69. The fourth-order valence-electron chi connectivity index (χ4n) is 3.80. The molecule has 142 valence electrons. The Morgan fingerprint density at radius 2 is 1.92 bits per heavy atom. The molecule has 2 saturated heterocycles. The quantitative estimate of drug-likeness (QED) is 0.855. The Kier molecular flexibility index (Phi) is 5.76. The summed E-state index contributed by atoms with van der Waals surface area (Å²) in [5, 5.41) is 5.92. The largest absolute Gasteiger partial charge is 0.381 e. The van der Waals surface area contributed by atoms with Gasteiger partial charge in [-0.05, 0) is 43.9 Å². The number of hydrogen-bond donors (Lipinski definition) is 2. The number of rotatable bonds is 4. The molecule has 0 bridgehead atoms. The van der Waals surface area contributed by atoms with Crippen LogP contribution in [0.15, 0.2) is 24.3 Å². The van der Waals surface area contributed by atoms with Crippen molar-refractivity contribution in [3.05, 3.63) is 30.1 Å². The maximum atomic E-state index is 13.5. The number of amides is 2. The minimum atomic E-state index is -0.838. The van der Waals surface area contributed by atoms with Crippen LogP contribution in [0.3, 0.4) is 0 Å². The molecule has 0 saturated carbocycles. The van der Waals surface area contributed by atoms with Gasteiger partial charge in [0.25, 0.3) is 0 Å². The number of nitrogens with zero attached hydrogens (tertiary/aromatic N) is 1. The van der Waals surface area contributed by atoms with Crippen molar-refractivity contribution in [2.24, 2.45) is 5.92 Å². The number of hydrogen-bond acceptors (Lipinski definition) is 4. The van der Waals surface area contributed by atoms with Gasteiger partial charge in [-0.3, -0.25) is 9.59 Å². The summed E-state index contributed by atoms with van der Waals surface area (Å²) in [6.45, 7) is 2.28. The topological polar surface area (TPSA) is 70.7 Å². The van der Waals surface area contributed by atoms with Crippen LogP contribution in [0.2, 0.25) is 0 Å². The summed E-state index contributed by atoms with van der Waals surface area (Å²) in [6.07, 6.45) is 2.49. The fourth-order valence-corrected chi connectivity index (χ4v) is 3.80. The highest BCUT2D eigenvalue weighted by atomic mass is 19.1. The lowest BCUT2D eigenvalue weighted by Gasteiger charge is -2.42. The molecule has 1 aromatic rings. The van der Waals surface area contributed by atoms with Crippen LogP contribution in [0.1, 0.15) is 25.7 Å². The van der Waals surface area contributed by atoms with Gasteiger partial charge >= 0.3 is 0 Å². The Morgan fingerprint density at radius 3 is 2.54 bits per heavy atom. The molecule has 0 aromatic heterocycles. The van der Waals surface area contributed by atoms with Crippen molar-refractivity contribution in [1.29, 1.82) is 0 Å². The Hall–Kier alpha value is -2.15. The number of nitrogens with one attached hydrogen (secondary N) is 2. The molecule has 2 heterocycles. The third kappa shape index (κ3) is 3.98. The summed E-state index contributed by atoms with van der Waals surface area (Å²) in [5.74, 6) is -0.314. The van der Waals surface area contributed by atoms with Crippen LogP contribution in [-0.4, -0.2) is 55.6 Å². The molecule has 7 heteroatoms. The first-order valence-electron chi connectivity index (χ1n) is 9.16. The van der Waals surface area contributed by atoms with Gasteiger partial charge in [0, 0.05) is 45.0 Å². The van der Waals surface area contributed by atoms with Crippen LogP contribution in [0.5, 0.6) is 0 Å². The van der Waals surface area contributed by atoms with E-state index in [1.807, 2.05) is 4.90 Å². The van der Waals surface area contributed by atoms with Crippen molar-refractivity contribution in [3.8, 4) is 0 Å². The Bertz CT molecular complexity index is 653. The van der Waals surface area contributed by atoms with Crippen LogP contribution in [0, 0.1) is 11.7 Å². The van der Waals surface area contributed by atoms with E-state index in [0.717, 1.165) is 12.8 Å². The van der Waals surface area contributed by atoms with Gasteiger partial charge in [-0.25, -0.2) is 4.39 Å². The number of carbonyl (C=O) groups is 2. The number of likely N-dealkylation sites (tertiary alicyclic amines) is 1. The molecule has 3 rings (SSSR count). The third-order valence-corrected chi connectivity index (χ3v) is 5.37. The molecule has 2 aliphatic rings. The van der Waals surface area contributed by atoms with Gasteiger partial charge in [0.2, 0.25) is 11.8 Å². The summed E-state index contributed by atoms with van der Waals surface area (Å²) in [4.78, 5) is 27.1. The number of ether oxygens (including phenoxy) is 1. The van der Waals surface area contributed by atoms with Crippen molar-refractivity contribution in [3.63, 3.8) is 0 Å². The van der Waals surface area contributed by atoms with Crippen LogP contribution >= 0.6 is 0 Å². The van der Waals surface area contributed by atoms with Crippen LogP contribution in [-0.2, 0) is 14.3 Å². The highest BCUT2D eigenvalue weighted by Crippen LogP contribution is 2.29. The van der Waals surface area contributed by atoms with E-state index in [4.69, 9.17) is 4.74 Å². The van der Waals surface area contributed by atoms with E-state index in [9.17, 15) is 14.0 Å². The molecule has 0 radical (unpaired) electrons. The summed E-state index contributed by atoms with van der Waals surface area (Å²) >= 11 is 0. The van der Waals surface area contributed by atoms with E-state index in [0.29, 0.717) is 44.8 Å². The smallest absolute Gasteiger partial charge is 0.245 e. The molecule has 0 spiro atoms. The maximum absolute atomic E-state index is 13.5. The lowest BCUT2D eigenvalue weighted by molar-refractivity contribution is -0.141. The predicted molar refractivity (Wildman–Crippen MR) is 96.2 cm³/mol. The molecule has 1 aromatic carbocycles. The average Bonchev–Trinajstić information content (AvgIpc) is 2.68. The summed E-state index contributed by atoms with van der Waals surface area (Å²) in [7, 11) is 1.59. The standard InChI is InChI=1S/C19H26FN3O3/c1-21-18(25)19(22-16-4-2-3-15(20)13-16)7-9-23(10-8-19)17(24)14-5-11-26-12-6-14/h2-4,13-14,22H,5-12H2,1H3,(H,21,25). The monoisotopic (exact) mass is 363 g/mol. The Labute approximate surface area is 153 Å². The highest BCUT2D eigenvalue weighted by Gasteiger charge is 2.42. The molecular formula is C19H26FN3O3. The zero-order valence-corrected chi connectivity index (χ0v) is 15.1. The molecule has 2 amide bonds. The van der Waals surface area contributed by atoms with Crippen molar-refractivity contribution >= 4 is 17.5 Å². The van der Waals surface area contributed by atoms with Gasteiger partial charge in [-0.2, -0.15) is 0 Å². The first kappa shape index (κ1) is 18.6. The molecular weight excluding hydrogens is 337 g/mol. The molecule has 2 aliphatic heterocycles. The second-order valence-electron chi connectivity index (χ2n) is 7.01. The maximum Gasteiger partial charge on any atom is 0.245 e. The number of carbonyl (C=O) groups excluding carboxylic acids is 2. The zero-order chi connectivity index (χ0) is 18.6. The number of likely N-dealkylation sites (N-methyl/N-ethyl adjacent to an activating group) is 1. The Morgan fingerprint density at radius 1 is 1.23 bits per heavy atom. The third-order valence-electron chi connectivity index (χ3n) is 5.37. The van der Waals surface area contributed by atoms with Gasteiger partial charge in [-0.15, -0.1) is 0 Å². The minimum Gasteiger partial charge on any atom is -0.381 e. The van der Waals surface area contributed by atoms with E-state index in [-0.39, 0.29) is 23.5 Å². The van der Waals surface area contributed by atoms with Crippen molar-refractivity contribution in [2.45, 2.75) is 31.2 Å². The summed E-state index contributed by atoms with van der Waals surface area (Å²) in [5.41, 5.74) is -0.271. The SMILES string of the molecule is CNC(=O)C1(Nc2cccc(F)c2)CCN(C(=O)C2CCOCC2)CC1. The van der Waals surface area contributed by atoms with Gasteiger partial charge < -0.3 is 20.3 Å². The lowest BCUT2D eigenvalue weighted by Crippen LogP contribution is -2.59. The number of anilines is 1. The van der Waals surface area contributed by atoms with Crippen LogP contribution in [0.4, 0.5) is 10.1 Å². The molecule has 6 nitrogen and oxygen atoms in total. The van der Waals surface area contributed by atoms with E-state index >= 15 is 0 Å². The van der Waals surface area contributed by atoms with Gasteiger partial charge in [0.05, 0.1) is 0 Å². The number of benzene rings is 1. The van der Waals surface area contributed by atoms with Crippen LogP contribution in [0.25, 0.3) is 0 Å². The molecule has 0 unspecified atom stereocenters. The first-order valence-corrected chi connectivity index (χ1v) is 9.16. The molecule has 2 fully saturated rings. The predicted octanol–water partition coefficient (Wildman–Crippen LogP) is 1.77. The highest BCUT2D eigenvalue weighted by molar-refractivity contribution is 5.90. The summed E-state index contributed by atoms with van der Waals surface area (Å²) in [6, 6.07) is 6.10. The van der Waals surface area contributed by atoms with Gasteiger partial charge in [-0.1, -0.05) is 6.07 Å². The molecule has 0 atom stereocenters. The minimum absolute atomic E-state index is 0.0208. The van der Waals surface area contributed by atoms with Crippen molar-refractivity contribution < 1.29 is 18.7 Å². The van der Waals surface area contributed by atoms with E-state index in [2.05, 4.69) is 10.6 Å². The average molecular weight is 363 g/mol. The second-order valence-corrected chi connectivity index (χ2v) is 7.01. The van der Waals surface area contributed by atoms with Crippen molar-refractivity contribution in [2.75, 3.05) is 38.7 Å². The summed E-state index contributed by atoms with van der Waals surface area (Å²) < 4.78 is 18.8. The molecule has 0 aliphatic carbocycles. The van der Waals surface area contributed by atoms with E-state index in [1.165, 1.54) is 12.1 Å².